The first kappa shape index (κ1) is 10.0. The first-order valence-electron chi connectivity index (χ1n) is 3.84. The smallest absolute Gasteiger partial charge is 0.303 e. The van der Waals surface area contributed by atoms with Gasteiger partial charge in [-0.2, -0.15) is 0 Å². The molecule has 0 unspecified atom stereocenters. The molecule has 0 rings (SSSR count). The number of carbonyl (C=O) groups is 1. The number of hydrogen-bond donors (Lipinski definition) is 0. The van der Waals surface area contributed by atoms with Crippen molar-refractivity contribution in [3.8, 4) is 12.3 Å². The molecule has 2 nitrogen and oxygen atoms in total. The van der Waals surface area contributed by atoms with E-state index in [2.05, 4.69) is 12.8 Å². The van der Waals surface area contributed by atoms with Gasteiger partial charge in [0.05, 0.1) is 0 Å². The van der Waals surface area contributed by atoms with Crippen LogP contribution in [0.5, 0.6) is 0 Å². The number of hydrogen-bond acceptors (Lipinski definition) is 2. The highest BCUT2D eigenvalue weighted by Gasteiger charge is 2.05. The van der Waals surface area contributed by atoms with Crippen molar-refractivity contribution in [2.45, 2.75) is 39.2 Å². The zero-order chi connectivity index (χ0) is 8.69. The highest BCUT2D eigenvalue weighted by atomic mass is 16.5. The fraction of sp³-hybridized carbons (Fsp3) is 0.667. The minimum absolute atomic E-state index is 0.302. The maximum absolute atomic E-state index is 10.5. The van der Waals surface area contributed by atoms with Crippen molar-refractivity contribution in [3.63, 3.8) is 0 Å². The van der Waals surface area contributed by atoms with E-state index in [1.165, 1.54) is 6.92 Å². The molecule has 0 fully saturated rings. The zero-order valence-electron chi connectivity index (χ0n) is 7.09. The predicted molar refractivity (Wildman–Crippen MR) is 43.9 cm³/mol. The normalized spacial score (nSPS) is 11.7. The Morgan fingerprint density at radius 3 is 2.73 bits per heavy atom. The fourth-order valence-electron chi connectivity index (χ4n) is 0.766. The molecule has 0 heterocycles. The van der Waals surface area contributed by atoms with Crippen LogP contribution in [0.4, 0.5) is 0 Å². The van der Waals surface area contributed by atoms with Gasteiger partial charge in [-0.3, -0.25) is 4.79 Å². The van der Waals surface area contributed by atoms with E-state index >= 15 is 0 Å². The first-order valence-corrected chi connectivity index (χ1v) is 3.84. The van der Waals surface area contributed by atoms with Crippen molar-refractivity contribution in [1.29, 1.82) is 0 Å². The van der Waals surface area contributed by atoms with Crippen LogP contribution < -0.4 is 0 Å². The van der Waals surface area contributed by atoms with Crippen molar-refractivity contribution in [1.82, 2.24) is 0 Å². The molecule has 0 radical (unpaired) electrons. The number of esters is 1. The highest BCUT2D eigenvalue weighted by Crippen LogP contribution is 2.03. The molecule has 0 aromatic heterocycles. The largest absolute Gasteiger partial charge is 0.449 e. The van der Waals surface area contributed by atoms with Gasteiger partial charge in [-0.1, -0.05) is 19.3 Å². The van der Waals surface area contributed by atoms with Gasteiger partial charge >= 0.3 is 5.97 Å². The Labute approximate surface area is 67.9 Å². The Morgan fingerprint density at radius 1 is 1.73 bits per heavy atom. The lowest BCUT2D eigenvalue weighted by atomic mass is 10.2. The molecule has 0 aliphatic heterocycles. The molecule has 0 bridgehead atoms. The Hall–Kier alpha value is -0.970. The van der Waals surface area contributed by atoms with Gasteiger partial charge in [-0.15, -0.1) is 6.42 Å². The number of terminal acetylenes is 1. The second-order valence-electron chi connectivity index (χ2n) is 2.41. The molecule has 0 aliphatic carbocycles. The average molecular weight is 154 g/mol. The zero-order valence-corrected chi connectivity index (χ0v) is 7.09. The number of rotatable bonds is 4. The van der Waals surface area contributed by atoms with E-state index in [1.54, 1.807) is 0 Å². The lowest BCUT2D eigenvalue weighted by molar-refractivity contribution is -0.144. The molecule has 62 valence electrons. The topological polar surface area (TPSA) is 26.3 Å². The average Bonchev–Trinajstić information content (AvgIpc) is 1.97. The summed E-state index contributed by atoms with van der Waals surface area (Å²) in [6, 6.07) is 0. The van der Waals surface area contributed by atoms with Crippen LogP contribution in [0, 0.1) is 12.3 Å². The van der Waals surface area contributed by atoms with E-state index in [0.29, 0.717) is 0 Å². The van der Waals surface area contributed by atoms with Crippen molar-refractivity contribution < 1.29 is 9.53 Å². The third kappa shape index (κ3) is 5.47. The van der Waals surface area contributed by atoms with Crippen LogP contribution in [-0.2, 0) is 9.53 Å². The summed E-state index contributed by atoms with van der Waals surface area (Å²) in [4.78, 5) is 10.5. The summed E-state index contributed by atoms with van der Waals surface area (Å²) >= 11 is 0. The number of ether oxygens (including phenoxy) is 1. The van der Waals surface area contributed by atoms with Crippen molar-refractivity contribution in [2.75, 3.05) is 0 Å². The standard InChI is InChI=1S/C9H14O2/c1-4-6-7-9(5-2)11-8(3)10/h2,9H,4,6-7H2,1,3H3/t9-/m1/s1. The fourth-order valence-corrected chi connectivity index (χ4v) is 0.766. The Kier molecular flexibility index (Phi) is 5.28. The molecule has 0 amide bonds. The molecule has 0 spiro atoms. The molecule has 0 aromatic rings. The Morgan fingerprint density at radius 2 is 2.36 bits per heavy atom. The molecule has 11 heavy (non-hydrogen) atoms. The van der Waals surface area contributed by atoms with Gasteiger partial charge in [0, 0.05) is 6.92 Å². The van der Waals surface area contributed by atoms with E-state index < -0.39 is 0 Å². The first-order chi connectivity index (χ1) is 5.20. The Balaban J connectivity index is 3.60. The van der Waals surface area contributed by atoms with Gasteiger partial charge in [0.1, 0.15) is 0 Å². The summed E-state index contributed by atoms with van der Waals surface area (Å²) in [6.07, 6.45) is 7.65. The number of carbonyl (C=O) groups excluding carboxylic acids is 1. The number of unbranched alkanes of at least 4 members (excludes halogenated alkanes) is 1. The maximum Gasteiger partial charge on any atom is 0.303 e. The summed E-state index contributed by atoms with van der Waals surface area (Å²) in [5.74, 6) is 2.12. The second-order valence-corrected chi connectivity index (χ2v) is 2.41. The summed E-state index contributed by atoms with van der Waals surface area (Å²) in [6.45, 7) is 3.44. The van der Waals surface area contributed by atoms with Crippen molar-refractivity contribution >= 4 is 5.97 Å². The lowest BCUT2D eigenvalue weighted by Gasteiger charge is -2.08. The highest BCUT2D eigenvalue weighted by molar-refractivity contribution is 5.66. The van der Waals surface area contributed by atoms with E-state index in [0.717, 1.165) is 19.3 Å². The molecule has 0 saturated carbocycles. The van der Waals surface area contributed by atoms with Crippen molar-refractivity contribution in [3.05, 3.63) is 0 Å². The molecule has 0 saturated heterocycles. The third-order valence-electron chi connectivity index (χ3n) is 1.31. The molecule has 0 aliphatic rings. The van der Waals surface area contributed by atoms with Gasteiger partial charge in [0.25, 0.3) is 0 Å². The maximum atomic E-state index is 10.5. The van der Waals surface area contributed by atoms with Gasteiger partial charge in [0.15, 0.2) is 6.10 Å². The molecule has 0 aromatic carbocycles. The third-order valence-corrected chi connectivity index (χ3v) is 1.31. The minimum Gasteiger partial charge on any atom is -0.449 e. The van der Waals surface area contributed by atoms with E-state index in [1.807, 2.05) is 0 Å². The van der Waals surface area contributed by atoms with E-state index in [9.17, 15) is 4.79 Å². The van der Waals surface area contributed by atoms with Gasteiger partial charge in [0.2, 0.25) is 0 Å². The van der Waals surface area contributed by atoms with Gasteiger partial charge in [-0.25, -0.2) is 0 Å². The lowest BCUT2D eigenvalue weighted by Crippen LogP contribution is -2.13. The van der Waals surface area contributed by atoms with Crippen LogP contribution >= 0.6 is 0 Å². The molecule has 2 heteroatoms. The van der Waals surface area contributed by atoms with Crippen LogP contribution in [0.3, 0.4) is 0 Å². The van der Waals surface area contributed by atoms with Crippen LogP contribution in [0.1, 0.15) is 33.1 Å². The monoisotopic (exact) mass is 154 g/mol. The Bertz CT molecular complexity index is 155. The summed E-state index contributed by atoms with van der Waals surface area (Å²) in [7, 11) is 0. The second kappa shape index (κ2) is 5.79. The molecule has 1 atom stereocenters. The minimum atomic E-state index is -0.326. The van der Waals surface area contributed by atoms with Crippen LogP contribution in [0.25, 0.3) is 0 Å². The summed E-state index contributed by atoms with van der Waals surface area (Å²) in [5, 5.41) is 0. The molecular formula is C9H14O2. The molecular weight excluding hydrogens is 140 g/mol. The quantitative estimate of drug-likeness (QED) is 0.455. The predicted octanol–water partition coefficient (Wildman–Crippen LogP) is 1.74. The van der Waals surface area contributed by atoms with Crippen LogP contribution in [0.15, 0.2) is 0 Å². The van der Waals surface area contributed by atoms with Gasteiger partial charge in [-0.05, 0) is 12.8 Å². The van der Waals surface area contributed by atoms with Crippen molar-refractivity contribution in [2.24, 2.45) is 0 Å². The van der Waals surface area contributed by atoms with E-state index in [-0.39, 0.29) is 12.1 Å². The summed E-state index contributed by atoms with van der Waals surface area (Å²) in [5.41, 5.74) is 0. The SMILES string of the molecule is C#C[C@H](CCCC)OC(C)=O. The van der Waals surface area contributed by atoms with E-state index in [4.69, 9.17) is 11.2 Å². The van der Waals surface area contributed by atoms with Gasteiger partial charge < -0.3 is 4.74 Å². The van der Waals surface area contributed by atoms with Crippen LogP contribution in [-0.4, -0.2) is 12.1 Å². The van der Waals surface area contributed by atoms with Crippen LogP contribution in [0.2, 0.25) is 0 Å². The molecule has 0 N–H and O–H groups in total. The summed E-state index contributed by atoms with van der Waals surface area (Å²) < 4.78 is 4.83.